The third-order valence-electron chi connectivity index (χ3n) is 4.93. The quantitative estimate of drug-likeness (QED) is 0.832. The van der Waals surface area contributed by atoms with Crippen LogP contribution in [-0.4, -0.2) is 50.1 Å². The summed E-state index contributed by atoms with van der Waals surface area (Å²) in [4.78, 5) is 16.6. The SMILES string of the molecule is CN(c1ccccc1)C1CCN(C(=O)CNCC2CC2)CC1.Cl.Cl. The van der Waals surface area contributed by atoms with Gasteiger partial charge in [-0.05, 0) is 50.3 Å². The van der Waals surface area contributed by atoms with Crippen molar-refractivity contribution in [3.63, 3.8) is 0 Å². The van der Waals surface area contributed by atoms with Gasteiger partial charge in [0.2, 0.25) is 5.91 Å². The molecule has 3 rings (SSSR count). The molecule has 1 aliphatic heterocycles. The second-order valence-electron chi connectivity index (χ2n) is 6.63. The van der Waals surface area contributed by atoms with Gasteiger partial charge in [-0.25, -0.2) is 0 Å². The lowest BCUT2D eigenvalue weighted by atomic mass is 10.0. The van der Waals surface area contributed by atoms with E-state index >= 15 is 0 Å². The third kappa shape index (κ3) is 5.83. The first kappa shape index (κ1) is 21.1. The van der Waals surface area contributed by atoms with Crippen LogP contribution in [0, 0.1) is 5.92 Å². The van der Waals surface area contributed by atoms with Crippen molar-refractivity contribution in [3.05, 3.63) is 30.3 Å². The van der Waals surface area contributed by atoms with Crippen molar-refractivity contribution in [2.75, 3.05) is 38.1 Å². The third-order valence-corrected chi connectivity index (χ3v) is 4.93. The maximum absolute atomic E-state index is 12.2. The molecule has 1 aliphatic carbocycles. The predicted molar refractivity (Wildman–Crippen MR) is 105 cm³/mol. The number of carbonyl (C=O) groups excluding carboxylic acids is 1. The molecule has 1 saturated carbocycles. The first-order valence-corrected chi connectivity index (χ1v) is 8.50. The number of nitrogens with one attached hydrogen (secondary N) is 1. The number of piperidine rings is 1. The average molecular weight is 374 g/mol. The van der Waals surface area contributed by atoms with E-state index in [-0.39, 0.29) is 30.7 Å². The zero-order valence-corrected chi connectivity index (χ0v) is 16.0. The van der Waals surface area contributed by atoms with E-state index < -0.39 is 0 Å². The zero-order valence-electron chi connectivity index (χ0n) is 14.3. The van der Waals surface area contributed by atoms with Crippen LogP contribution in [0.15, 0.2) is 30.3 Å². The van der Waals surface area contributed by atoms with Crippen molar-refractivity contribution in [2.45, 2.75) is 31.7 Å². The normalized spacial score (nSPS) is 17.6. The van der Waals surface area contributed by atoms with Gasteiger partial charge in [0.15, 0.2) is 0 Å². The van der Waals surface area contributed by atoms with Crippen LogP contribution in [0.3, 0.4) is 0 Å². The molecule has 0 radical (unpaired) electrons. The molecule has 0 spiro atoms. The number of amides is 1. The summed E-state index contributed by atoms with van der Waals surface area (Å²) in [6.07, 6.45) is 4.77. The number of para-hydroxylation sites is 1. The van der Waals surface area contributed by atoms with Gasteiger partial charge in [-0.15, -0.1) is 24.8 Å². The highest BCUT2D eigenvalue weighted by molar-refractivity contribution is 5.85. The van der Waals surface area contributed by atoms with Gasteiger partial charge < -0.3 is 15.1 Å². The smallest absolute Gasteiger partial charge is 0.236 e. The topological polar surface area (TPSA) is 35.6 Å². The second-order valence-corrected chi connectivity index (χ2v) is 6.63. The first-order valence-electron chi connectivity index (χ1n) is 8.50. The molecule has 2 aliphatic rings. The van der Waals surface area contributed by atoms with Crippen LogP contribution in [0.2, 0.25) is 0 Å². The fraction of sp³-hybridized carbons (Fsp3) is 0.611. The number of hydrogen-bond acceptors (Lipinski definition) is 3. The maximum Gasteiger partial charge on any atom is 0.236 e. The second kappa shape index (κ2) is 10.1. The van der Waals surface area contributed by atoms with E-state index in [1.807, 2.05) is 11.0 Å². The minimum absolute atomic E-state index is 0. The number of rotatable bonds is 6. The number of nitrogens with zero attached hydrogens (tertiary/aromatic N) is 2. The Hall–Kier alpha value is -0.970. The van der Waals surface area contributed by atoms with Gasteiger partial charge in [0.25, 0.3) is 0 Å². The lowest BCUT2D eigenvalue weighted by Gasteiger charge is -2.38. The molecule has 0 atom stereocenters. The van der Waals surface area contributed by atoms with Crippen molar-refractivity contribution in [2.24, 2.45) is 5.92 Å². The Bertz CT molecular complexity index is 488. The average Bonchev–Trinajstić information content (AvgIpc) is 3.39. The molecule has 136 valence electrons. The van der Waals surface area contributed by atoms with Gasteiger partial charge in [0.1, 0.15) is 0 Å². The standard InChI is InChI=1S/C18H27N3O.2ClH/c1-20(16-5-3-2-4-6-16)17-9-11-21(12-10-17)18(22)14-19-13-15-7-8-15;;/h2-6,15,17,19H,7-14H2,1H3;2*1H. The molecule has 0 aromatic heterocycles. The van der Waals surface area contributed by atoms with E-state index in [4.69, 9.17) is 0 Å². The molecule has 6 heteroatoms. The van der Waals surface area contributed by atoms with Crippen molar-refractivity contribution >= 4 is 36.4 Å². The van der Waals surface area contributed by atoms with Gasteiger partial charge in [0, 0.05) is 31.9 Å². The Labute approximate surface area is 157 Å². The summed E-state index contributed by atoms with van der Waals surface area (Å²) in [7, 11) is 2.16. The minimum atomic E-state index is 0. The molecule has 1 N–H and O–H groups in total. The van der Waals surface area contributed by atoms with Gasteiger partial charge in [-0.2, -0.15) is 0 Å². The lowest BCUT2D eigenvalue weighted by molar-refractivity contribution is -0.131. The monoisotopic (exact) mass is 373 g/mol. The fourth-order valence-electron chi connectivity index (χ4n) is 3.19. The van der Waals surface area contributed by atoms with E-state index in [2.05, 4.69) is 41.5 Å². The lowest BCUT2D eigenvalue weighted by Crippen LogP contribution is -2.48. The Morgan fingerprint density at radius 3 is 2.33 bits per heavy atom. The summed E-state index contributed by atoms with van der Waals surface area (Å²) in [5, 5.41) is 3.30. The Morgan fingerprint density at radius 2 is 1.75 bits per heavy atom. The number of benzene rings is 1. The van der Waals surface area contributed by atoms with Gasteiger partial charge in [0.05, 0.1) is 6.54 Å². The largest absolute Gasteiger partial charge is 0.371 e. The molecule has 1 aromatic rings. The summed E-state index contributed by atoms with van der Waals surface area (Å²) < 4.78 is 0. The van der Waals surface area contributed by atoms with E-state index in [1.54, 1.807) is 0 Å². The van der Waals surface area contributed by atoms with Crippen LogP contribution in [0.5, 0.6) is 0 Å². The molecule has 1 aromatic carbocycles. The molecule has 4 nitrogen and oxygen atoms in total. The molecular weight excluding hydrogens is 345 g/mol. The van der Waals surface area contributed by atoms with Crippen LogP contribution in [0.4, 0.5) is 5.69 Å². The molecule has 24 heavy (non-hydrogen) atoms. The van der Waals surface area contributed by atoms with E-state index in [0.29, 0.717) is 12.6 Å². The number of carbonyl (C=O) groups is 1. The first-order chi connectivity index (χ1) is 10.7. The number of halogens is 2. The van der Waals surface area contributed by atoms with E-state index in [9.17, 15) is 4.79 Å². The predicted octanol–water partition coefficient (Wildman–Crippen LogP) is 2.96. The Morgan fingerprint density at radius 1 is 1.12 bits per heavy atom. The van der Waals surface area contributed by atoms with Crippen LogP contribution >= 0.6 is 24.8 Å². The molecule has 0 bridgehead atoms. The van der Waals surface area contributed by atoms with Crippen molar-refractivity contribution in [1.29, 1.82) is 0 Å². The van der Waals surface area contributed by atoms with Gasteiger partial charge in [-0.1, -0.05) is 18.2 Å². The van der Waals surface area contributed by atoms with Crippen LogP contribution in [0.1, 0.15) is 25.7 Å². The minimum Gasteiger partial charge on any atom is -0.371 e. The molecule has 0 unspecified atom stereocenters. The Balaban J connectivity index is 0.00000144. The van der Waals surface area contributed by atoms with Crippen LogP contribution in [0.25, 0.3) is 0 Å². The summed E-state index contributed by atoms with van der Waals surface area (Å²) in [6.45, 7) is 3.28. The molecule has 2 fully saturated rings. The number of likely N-dealkylation sites (tertiary alicyclic amines) is 1. The molecular formula is C18H29Cl2N3O. The van der Waals surface area contributed by atoms with Crippen molar-refractivity contribution < 1.29 is 4.79 Å². The van der Waals surface area contributed by atoms with Crippen molar-refractivity contribution in [1.82, 2.24) is 10.2 Å². The van der Waals surface area contributed by atoms with E-state index in [0.717, 1.165) is 38.4 Å². The number of hydrogen-bond donors (Lipinski definition) is 1. The van der Waals surface area contributed by atoms with Gasteiger partial charge >= 0.3 is 0 Å². The summed E-state index contributed by atoms with van der Waals surface area (Å²) in [5.74, 6) is 1.10. The molecule has 1 heterocycles. The Kier molecular flexibility index (Phi) is 8.88. The van der Waals surface area contributed by atoms with Crippen LogP contribution in [-0.2, 0) is 4.79 Å². The maximum atomic E-state index is 12.2. The van der Waals surface area contributed by atoms with Crippen LogP contribution < -0.4 is 10.2 Å². The van der Waals surface area contributed by atoms with E-state index in [1.165, 1.54) is 18.5 Å². The number of anilines is 1. The summed E-state index contributed by atoms with van der Waals surface area (Å²) in [5.41, 5.74) is 1.26. The van der Waals surface area contributed by atoms with Crippen molar-refractivity contribution in [3.8, 4) is 0 Å². The molecule has 1 saturated heterocycles. The molecule has 1 amide bonds. The summed E-state index contributed by atoms with van der Waals surface area (Å²) in [6, 6.07) is 11.0. The highest BCUT2D eigenvalue weighted by Crippen LogP contribution is 2.27. The highest BCUT2D eigenvalue weighted by atomic mass is 35.5. The van der Waals surface area contributed by atoms with Gasteiger partial charge in [-0.3, -0.25) is 4.79 Å². The zero-order chi connectivity index (χ0) is 15.4. The highest BCUT2D eigenvalue weighted by Gasteiger charge is 2.26. The fourth-order valence-corrected chi connectivity index (χ4v) is 3.19. The summed E-state index contributed by atoms with van der Waals surface area (Å²) >= 11 is 0.